The third kappa shape index (κ3) is 3.10. The molecule has 0 bridgehead atoms. The van der Waals surface area contributed by atoms with Gasteiger partial charge in [-0.2, -0.15) is 4.57 Å². The maximum absolute atomic E-state index is 12.1. The quantitative estimate of drug-likeness (QED) is 0.524. The second-order valence-electron chi connectivity index (χ2n) is 5.64. The zero-order valence-electron chi connectivity index (χ0n) is 15.3. The Hall–Kier alpha value is -3.07. The van der Waals surface area contributed by atoms with Gasteiger partial charge in [-0.25, -0.2) is 9.59 Å². The summed E-state index contributed by atoms with van der Waals surface area (Å²) in [6.07, 6.45) is 1.72. The van der Waals surface area contributed by atoms with Gasteiger partial charge in [-0.3, -0.25) is 0 Å². The minimum atomic E-state index is -0.512. The highest BCUT2D eigenvalue weighted by Crippen LogP contribution is 2.40. The fourth-order valence-electron chi connectivity index (χ4n) is 2.88. The summed E-state index contributed by atoms with van der Waals surface area (Å²) in [5.74, 6) is 0.105. The number of benzene rings is 1. The van der Waals surface area contributed by atoms with Crippen LogP contribution in [0.4, 0.5) is 5.69 Å². The number of hydrogen-bond donors (Lipinski definition) is 1. The van der Waals surface area contributed by atoms with E-state index in [1.54, 1.807) is 22.9 Å². The molecule has 0 aliphatic carbocycles. The molecule has 0 aliphatic heterocycles. The van der Waals surface area contributed by atoms with Crippen molar-refractivity contribution in [3.05, 3.63) is 23.2 Å². The van der Waals surface area contributed by atoms with E-state index in [9.17, 15) is 9.59 Å². The van der Waals surface area contributed by atoms with Crippen LogP contribution in [0.15, 0.2) is 18.3 Å². The molecule has 9 heteroatoms. The second-order valence-corrected chi connectivity index (χ2v) is 6.66. The molecule has 1 aromatic carbocycles. The summed E-state index contributed by atoms with van der Waals surface area (Å²) in [4.78, 5) is 24.2. The molecule has 0 saturated heterocycles. The lowest BCUT2D eigenvalue weighted by Crippen LogP contribution is -2.39. The Balaban J connectivity index is 2.42. The van der Waals surface area contributed by atoms with Crippen molar-refractivity contribution in [1.29, 1.82) is 0 Å². The maximum Gasteiger partial charge on any atom is 0.372 e. The molecule has 0 atom stereocenters. The van der Waals surface area contributed by atoms with Crippen LogP contribution in [0.2, 0.25) is 0 Å². The van der Waals surface area contributed by atoms with Crippen molar-refractivity contribution in [1.82, 2.24) is 0 Å². The van der Waals surface area contributed by atoms with Crippen LogP contribution >= 0.6 is 11.3 Å². The summed E-state index contributed by atoms with van der Waals surface area (Å²) in [5, 5.41) is 1.41. The van der Waals surface area contributed by atoms with Crippen LogP contribution in [0.3, 0.4) is 0 Å². The molecule has 0 saturated carbocycles. The number of hydrogen-bond acceptors (Lipinski definition) is 8. The number of nitrogens with zero attached hydrogens (tertiary/aromatic N) is 1. The first-order valence-corrected chi connectivity index (χ1v) is 8.72. The minimum Gasteiger partial charge on any atom is -0.493 e. The summed E-state index contributed by atoms with van der Waals surface area (Å²) in [6, 6.07) is 3.56. The van der Waals surface area contributed by atoms with Crippen LogP contribution in [-0.2, 0) is 20.8 Å². The zero-order valence-corrected chi connectivity index (χ0v) is 16.1. The Morgan fingerprint density at radius 1 is 1.04 bits per heavy atom. The van der Waals surface area contributed by atoms with Crippen LogP contribution in [0.1, 0.15) is 9.67 Å². The summed E-state index contributed by atoms with van der Waals surface area (Å²) < 4.78 is 22.9. The van der Waals surface area contributed by atoms with Gasteiger partial charge < -0.3 is 24.7 Å². The summed E-state index contributed by atoms with van der Waals surface area (Å²) in [7, 11) is 5.69. The summed E-state index contributed by atoms with van der Waals surface area (Å²) in [6.45, 7) is -0.0265. The van der Waals surface area contributed by atoms with Gasteiger partial charge in [-0.15, -0.1) is 11.3 Å². The number of nitrogens with two attached hydrogens (primary N) is 1. The van der Waals surface area contributed by atoms with Crippen molar-refractivity contribution in [2.24, 2.45) is 0 Å². The summed E-state index contributed by atoms with van der Waals surface area (Å²) >= 11 is 1.23. The Kier molecular flexibility index (Phi) is 5.04. The highest BCUT2D eigenvalue weighted by atomic mass is 32.1. The van der Waals surface area contributed by atoms with E-state index >= 15 is 0 Å². The molecule has 0 aliphatic rings. The van der Waals surface area contributed by atoms with Crippen LogP contribution in [0, 0.1) is 0 Å². The molecule has 3 rings (SSSR count). The van der Waals surface area contributed by atoms with E-state index < -0.39 is 11.9 Å². The predicted octanol–water partition coefficient (Wildman–Crippen LogP) is 1.90. The minimum absolute atomic E-state index is 0.0265. The van der Waals surface area contributed by atoms with E-state index in [2.05, 4.69) is 0 Å². The fourth-order valence-corrected chi connectivity index (χ4v) is 4.01. The number of nitrogen functional groups attached to an aromatic ring is 1. The van der Waals surface area contributed by atoms with Gasteiger partial charge in [-0.1, -0.05) is 0 Å². The highest BCUT2D eigenvalue weighted by Gasteiger charge is 2.26. The molecular formula is C18H19N2O6S+. The normalized spacial score (nSPS) is 10.8. The number of rotatable bonds is 5. The number of carbonyl (C=O) groups excluding carboxylic acids is 2. The lowest BCUT2D eigenvalue weighted by molar-refractivity contribution is -0.658. The molecule has 0 fully saturated rings. The van der Waals surface area contributed by atoms with Gasteiger partial charge in [0.15, 0.2) is 17.7 Å². The van der Waals surface area contributed by atoms with E-state index in [0.717, 1.165) is 10.1 Å². The van der Waals surface area contributed by atoms with Gasteiger partial charge >= 0.3 is 11.9 Å². The molecule has 2 aromatic heterocycles. The lowest BCUT2D eigenvalue weighted by atomic mass is 10.1. The number of aromatic nitrogens is 1. The highest BCUT2D eigenvalue weighted by molar-refractivity contribution is 7.22. The molecule has 0 unspecified atom stereocenters. The lowest BCUT2D eigenvalue weighted by Gasteiger charge is -2.09. The van der Waals surface area contributed by atoms with Gasteiger partial charge in [0, 0.05) is 0 Å². The maximum atomic E-state index is 12.1. The molecule has 0 spiro atoms. The van der Waals surface area contributed by atoms with Crippen molar-refractivity contribution >= 4 is 50.0 Å². The van der Waals surface area contributed by atoms with Crippen LogP contribution in [0.25, 0.3) is 21.0 Å². The first-order valence-electron chi connectivity index (χ1n) is 7.90. The molecule has 2 heterocycles. The van der Waals surface area contributed by atoms with E-state index in [1.807, 2.05) is 0 Å². The number of thiophene rings is 1. The van der Waals surface area contributed by atoms with Crippen molar-refractivity contribution in [2.75, 3.05) is 34.2 Å². The molecule has 0 amide bonds. The number of anilines is 1. The predicted molar refractivity (Wildman–Crippen MR) is 100 cm³/mol. The molecular weight excluding hydrogens is 372 g/mol. The van der Waals surface area contributed by atoms with Gasteiger partial charge in [0.2, 0.25) is 12.1 Å². The Morgan fingerprint density at radius 2 is 1.70 bits per heavy atom. The van der Waals surface area contributed by atoms with Crippen molar-refractivity contribution in [2.45, 2.75) is 6.54 Å². The second kappa shape index (κ2) is 7.28. The zero-order chi connectivity index (χ0) is 19.7. The Labute approximate surface area is 159 Å². The first kappa shape index (κ1) is 18.7. The van der Waals surface area contributed by atoms with Crippen LogP contribution in [-0.4, -0.2) is 40.4 Å². The average molecular weight is 391 g/mol. The smallest absolute Gasteiger partial charge is 0.372 e. The molecule has 0 radical (unpaired) electrons. The Bertz CT molecular complexity index is 1060. The van der Waals surface area contributed by atoms with E-state index in [1.165, 1.54) is 39.8 Å². The third-order valence-corrected chi connectivity index (χ3v) is 5.46. The number of methoxy groups -OCH3 is 4. The van der Waals surface area contributed by atoms with E-state index in [-0.39, 0.29) is 6.54 Å². The third-order valence-electron chi connectivity index (χ3n) is 4.22. The molecule has 8 nitrogen and oxygen atoms in total. The van der Waals surface area contributed by atoms with Crippen LogP contribution < -0.4 is 19.8 Å². The van der Waals surface area contributed by atoms with Gasteiger partial charge in [-0.05, 0) is 6.07 Å². The van der Waals surface area contributed by atoms with Gasteiger partial charge in [0.25, 0.3) is 0 Å². The number of esters is 2. The molecule has 27 heavy (non-hydrogen) atoms. The fraction of sp³-hybridized carbons (Fsp3) is 0.278. The molecule has 2 N–H and O–H groups in total. The van der Waals surface area contributed by atoms with E-state index in [0.29, 0.717) is 33.0 Å². The van der Waals surface area contributed by atoms with Crippen molar-refractivity contribution in [3.8, 4) is 11.5 Å². The van der Waals surface area contributed by atoms with Gasteiger partial charge in [0.1, 0.15) is 4.88 Å². The van der Waals surface area contributed by atoms with Crippen molar-refractivity contribution < 1.29 is 33.1 Å². The van der Waals surface area contributed by atoms with Gasteiger partial charge in [0.05, 0.1) is 55.7 Å². The number of fused-ring (bicyclic) bond motifs is 3. The summed E-state index contributed by atoms with van der Waals surface area (Å²) in [5.41, 5.74) is 7.20. The number of carbonyl (C=O) groups is 2. The van der Waals surface area contributed by atoms with Crippen molar-refractivity contribution in [3.63, 3.8) is 0 Å². The largest absolute Gasteiger partial charge is 0.493 e. The van der Waals surface area contributed by atoms with E-state index in [4.69, 9.17) is 24.7 Å². The molecule has 3 aromatic rings. The number of ether oxygens (including phenoxy) is 4. The Morgan fingerprint density at radius 3 is 2.30 bits per heavy atom. The standard InChI is InChI=1S/C18H18N2O6S/c1-23-12-5-9-11(6-13(12)24-2)20(8-14(21)25-3)7-10-15(19)17(18(22)26-4)27-16(9)10/h5-7H,8H2,1-4H3,(H-,19,22)/p+1. The average Bonchev–Trinajstić information content (AvgIpc) is 3.02. The number of pyridine rings is 1. The molecule has 142 valence electrons. The first-order chi connectivity index (χ1) is 12.9. The van der Waals surface area contributed by atoms with Crippen LogP contribution in [0.5, 0.6) is 11.5 Å². The monoisotopic (exact) mass is 391 g/mol. The SMILES string of the molecule is COC(=O)C[n+]1cc2c(N)c(C(=O)OC)sc2c2cc(OC)c(OC)cc21. The topological polar surface area (TPSA) is 101 Å².